The van der Waals surface area contributed by atoms with Crippen LogP contribution in [0.15, 0.2) is 24.4 Å². The summed E-state index contributed by atoms with van der Waals surface area (Å²) in [6.45, 7) is 1.60. The molecule has 8 heteroatoms. The van der Waals surface area contributed by atoms with E-state index in [4.69, 9.17) is 5.10 Å². The fourth-order valence-electron chi connectivity index (χ4n) is 3.77. The molecule has 3 aromatic heterocycles. The number of aromatic nitrogens is 6. The summed E-state index contributed by atoms with van der Waals surface area (Å²) in [5.74, 6) is 1.81. The van der Waals surface area contributed by atoms with E-state index in [1.807, 2.05) is 34.7 Å². The Bertz CT molecular complexity index is 963. The second-order valence-electron chi connectivity index (χ2n) is 7.26. The van der Waals surface area contributed by atoms with Crippen molar-refractivity contribution in [2.24, 2.45) is 13.0 Å². The summed E-state index contributed by atoms with van der Waals surface area (Å²) in [7, 11) is 1.90. The Labute approximate surface area is 150 Å². The number of fused-ring (bicyclic) bond motifs is 1. The molecule has 0 spiro atoms. The van der Waals surface area contributed by atoms with Crippen LogP contribution in [0.2, 0.25) is 0 Å². The van der Waals surface area contributed by atoms with Crippen molar-refractivity contribution in [3.05, 3.63) is 30.2 Å². The third-order valence-electron chi connectivity index (χ3n) is 5.47. The van der Waals surface area contributed by atoms with Gasteiger partial charge in [-0.25, -0.2) is 0 Å². The van der Waals surface area contributed by atoms with Crippen LogP contribution in [-0.2, 0) is 11.8 Å². The quantitative estimate of drug-likeness (QED) is 0.716. The van der Waals surface area contributed by atoms with E-state index < -0.39 is 0 Å². The number of carbonyl (C=O) groups excluding carboxylic acids is 1. The summed E-state index contributed by atoms with van der Waals surface area (Å²) < 4.78 is 3.66. The first-order chi connectivity index (χ1) is 12.7. The molecular weight excluding hydrogens is 330 g/mol. The van der Waals surface area contributed by atoms with Gasteiger partial charge >= 0.3 is 0 Å². The van der Waals surface area contributed by atoms with Gasteiger partial charge in [0.1, 0.15) is 5.69 Å². The fraction of sp³-hybridized carbons (Fsp3) is 0.500. The van der Waals surface area contributed by atoms with E-state index >= 15 is 0 Å². The molecule has 2 fully saturated rings. The standard InChI is InChI=1S/C18H21N7O/c1-23-15(6-9-19-23)14-4-5-16-20-21-17(25(16)22-14)12-7-10-24(11-8-12)18(26)13-2-3-13/h4-6,9,12-13H,2-3,7-8,10-11H2,1H3. The summed E-state index contributed by atoms with van der Waals surface area (Å²) >= 11 is 0. The van der Waals surface area contributed by atoms with E-state index in [0.717, 1.165) is 61.6 Å². The van der Waals surface area contributed by atoms with Gasteiger partial charge in [-0.15, -0.1) is 10.2 Å². The van der Waals surface area contributed by atoms with Crippen molar-refractivity contribution in [3.8, 4) is 11.4 Å². The fourth-order valence-corrected chi connectivity index (χ4v) is 3.77. The van der Waals surface area contributed by atoms with Crippen LogP contribution in [0.25, 0.3) is 17.0 Å². The van der Waals surface area contributed by atoms with Crippen LogP contribution >= 0.6 is 0 Å². The zero-order valence-electron chi connectivity index (χ0n) is 14.7. The number of carbonyl (C=O) groups is 1. The number of hydrogen-bond acceptors (Lipinski definition) is 5. The van der Waals surface area contributed by atoms with Gasteiger partial charge < -0.3 is 4.90 Å². The summed E-state index contributed by atoms with van der Waals surface area (Å²) in [5.41, 5.74) is 2.55. The van der Waals surface area contributed by atoms with E-state index in [1.165, 1.54) is 0 Å². The molecule has 0 bridgehead atoms. The molecule has 1 aliphatic heterocycles. The molecule has 26 heavy (non-hydrogen) atoms. The zero-order chi connectivity index (χ0) is 17.7. The first-order valence-electron chi connectivity index (χ1n) is 9.20. The second kappa shape index (κ2) is 5.89. The summed E-state index contributed by atoms with van der Waals surface area (Å²) in [5, 5.41) is 17.7. The Hall–Kier alpha value is -2.77. The molecule has 8 nitrogen and oxygen atoms in total. The highest BCUT2D eigenvalue weighted by molar-refractivity contribution is 5.81. The van der Waals surface area contributed by atoms with Crippen LogP contribution in [0.4, 0.5) is 0 Å². The summed E-state index contributed by atoms with van der Waals surface area (Å²) in [4.78, 5) is 14.3. The largest absolute Gasteiger partial charge is 0.342 e. The maximum Gasteiger partial charge on any atom is 0.225 e. The minimum Gasteiger partial charge on any atom is -0.342 e. The van der Waals surface area contributed by atoms with E-state index in [1.54, 1.807) is 10.9 Å². The van der Waals surface area contributed by atoms with Crippen molar-refractivity contribution >= 4 is 11.6 Å². The van der Waals surface area contributed by atoms with Gasteiger partial charge in [0.15, 0.2) is 11.5 Å². The Morgan fingerprint density at radius 1 is 1.08 bits per heavy atom. The molecule has 1 saturated heterocycles. The molecule has 0 aromatic carbocycles. The van der Waals surface area contributed by atoms with Crippen LogP contribution in [0.1, 0.15) is 37.4 Å². The van der Waals surface area contributed by atoms with Gasteiger partial charge in [-0.1, -0.05) is 0 Å². The molecule has 0 unspecified atom stereocenters. The average Bonchev–Trinajstić information content (AvgIpc) is 3.30. The zero-order valence-corrected chi connectivity index (χ0v) is 14.7. The molecule has 0 radical (unpaired) electrons. The molecule has 134 valence electrons. The van der Waals surface area contributed by atoms with Crippen LogP contribution in [-0.4, -0.2) is 53.5 Å². The number of amides is 1. The summed E-state index contributed by atoms with van der Waals surface area (Å²) in [6.07, 6.45) is 5.72. The molecule has 1 amide bonds. The number of piperidine rings is 1. The van der Waals surface area contributed by atoms with Gasteiger partial charge in [0.05, 0.1) is 5.69 Å². The summed E-state index contributed by atoms with van der Waals surface area (Å²) in [6, 6.07) is 5.83. The average molecular weight is 351 g/mol. The molecular formula is C18H21N7O. The lowest BCUT2D eigenvalue weighted by atomic mass is 9.96. The monoisotopic (exact) mass is 351 g/mol. The third kappa shape index (κ3) is 2.56. The second-order valence-corrected chi connectivity index (χ2v) is 7.26. The lowest BCUT2D eigenvalue weighted by molar-refractivity contribution is -0.133. The molecule has 2 aliphatic rings. The predicted molar refractivity (Wildman–Crippen MR) is 94.3 cm³/mol. The molecule has 1 saturated carbocycles. The van der Waals surface area contributed by atoms with Crippen molar-refractivity contribution in [1.29, 1.82) is 0 Å². The minimum atomic E-state index is 0.280. The highest BCUT2D eigenvalue weighted by Crippen LogP contribution is 2.34. The SMILES string of the molecule is Cn1nccc1-c1ccc2nnc(C3CCN(C(=O)C4CC4)CC3)n2n1. The number of hydrogen-bond donors (Lipinski definition) is 0. The van der Waals surface area contributed by atoms with Gasteiger partial charge in [-0.2, -0.15) is 14.7 Å². The number of nitrogens with zero attached hydrogens (tertiary/aromatic N) is 7. The Balaban J connectivity index is 1.41. The highest BCUT2D eigenvalue weighted by atomic mass is 16.2. The van der Waals surface area contributed by atoms with Crippen LogP contribution in [0.3, 0.4) is 0 Å². The lowest BCUT2D eigenvalue weighted by Gasteiger charge is -2.31. The molecule has 4 heterocycles. The molecule has 0 atom stereocenters. The van der Waals surface area contributed by atoms with Crippen molar-refractivity contribution in [1.82, 2.24) is 34.5 Å². The van der Waals surface area contributed by atoms with Crippen LogP contribution in [0.5, 0.6) is 0 Å². The van der Waals surface area contributed by atoms with E-state index in [-0.39, 0.29) is 5.92 Å². The normalized spacial score (nSPS) is 18.6. The van der Waals surface area contributed by atoms with Crippen molar-refractivity contribution in [2.45, 2.75) is 31.6 Å². The van der Waals surface area contributed by atoms with Gasteiger partial charge in [0.25, 0.3) is 0 Å². The number of rotatable bonds is 3. The number of aryl methyl sites for hydroxylation is 1. The molecule has 0 N–H and O–H groups in total. The van der Waals surface area contributed by atoms with Gasteiger partial charge in [0.2, 0.25) is 5.91 Å². The van der Waals surface area contributed by atoms with Crippen molar-refractivity contribution in [2.75, 3.05) is 13.1 Å². The topological polar surface area (TPSA) is 81.2 Å². The van der Waals surface area contributed by atoms with Gasteiger partial charge in [0, 0.05) is 38.2 Å². The molecule has 5 rings (SSSR count). The van der Waals surface area contributed by atoms with Crippen LogP contribution in [0, 0.1) is 5.92 Å². The Morgan fingerprint density at radius 3 is 2.58 bits per heavy atom. The molecule has 1 aliphatic carbocycles. The predicted octanol–water partition coefficient (Wildman–Crippen LogP) is 1.64. The Morgan fingerprint density at radius 2 is 1.88 bits per heavy atom. The minimum absolute atomic E-state index is 0.280. The smallest absolute Gasteiger partial charge is 0.225 e. The van der Waals surface area contributed by atoms with Crippen molar-refractivity contribution < 1.29 is 4.79 Å². The van der Waals surface area contributed by atoms with E-state index in [9.17, 15) is 4.79 Å². The maximum absolute atomic E-state index is 12.2. The lowest BCUT2D eigenvalue weighted by Crippen LogP contribution is -2.39. The van der Waals surface area contributed by atoms with E-state index in [0.29, 0.717) is 11.8 Å². The molecule has 3 aromatic rings. The highest BCUT2D eigenvalue weighted by Gasteiger charge is 2.35. The number of likely N-dealkylation sites (tertiary alicyclic amines) is 1. The van der Waals surface area contributed by atoms with E-state index in [2.05, 4.69) is 15.3 Å². The maximum atomic E-state index is 12.2. The van der Waals surface area contributed by atoms with Crippen LogP contribution < -0.4 is 0 Å². The Kier molecular flexibility index (Phi) is 3.51. The first-order valence-corrected chi connectivity index (χ1v) is 9.20. The van der Waals surface area contributed by atoms with Crippen molar-refractivity contribution in [3.63, 3.8) is 0 Å². The van der Waals surface area contributed by atoms with Gasteiger partial charge in [-0.05, 0) is 43.9 Å². The third-order valence-corrected chi connectivity index (χ3v) is 5.47. The first kappa shape index (κ1) is 15.5. The van der Waals surface area contributed by atoms with Gasteiger partial charge in [-0.3, -0.25) is 9.48 Å².